The average molecular weight is 384 g/mol. The Morgan fingerprint density at radius 2 is 2.00 bits per heavy atom. The second-order valence-corrected chi connectivity index (χ2v) is 6.90. The first-order valence-corrected chi connectivity index (χ1v) is 9.15. The van der Waals surface area contributed by atoms with Crippen LogP contribution >= 0.6 is 15.9 Å². The van der Waals surface area contributed by atoms with Crippen LogP contribution in [-0.2, 0) is 0 Å². The average Bonchev–Trinajstić information content (AvgIpc) is 2.59. The molecule has 1 amide bonds. The van der Waals surface area contributed by atoms with Crippen molar-refractivity contribution < 1.29 is 14.3 Å². The minimum atomic E-state index is 0.0398. The van der Waals surface area contributed by atoms with E-state index < -0.39 is 0 Å². The molecule has 0 radical (unpaired) electrons. The molecule has 1 aliphatic carbocycles. The van der Waals surface area contributed by atoms with Crippen LogP contribution < -0.4 is 9.47 Å². The largest absolute Gasteiger partial charge is 0.493 e. The van der Waals surface area contributed by atoms with Crippen molar-refractivity contribution in [2.45, 2.75) is 51.5 Å². The molecule has 0 bridgehead atoms. The summed E-state index contributed by atoms with van der Waals surface area (Å²) in [7, 11) is 3.50. The first kappa shape index (κ1) is 18.1. The first-order chi connectivity index (χ1) is 11.1. The molecule has 1 aromatic rings. The SMILES string of the molecule is CCCOc1c(Br)cc(C(=O)N(C)C2CCCCC2)cc1OC. The van der Waals surface area contributed by atoms with Gasteiger partial charge in [0.2, 0.25) is 0 Å². The Bertz CT molecular complexity index is 541. The monoisotopic (exact) mass is 383 g/mol. The number of carbonyl (C=O) groups is 1. The number of carbonyl (C=O) groups excluding carboxylic acids is 1. The van der Waals surface area contributed by atoms with Gasteiger partial charge in [0.15, 0.2) is 11.5 Å². The summed E-state index contributed by atoms with van der Waals surface area (Å²) in [4.78, 5) is 14.7. The van der Waals surface area contributed by atoms with Gasteiger partial charge in [-0.3, -0.25) is 4.79 Å². The van der Waals surface area contributed by atoms with Crippen molar-refractivity contribution in [1.82, 2.24) is 4.90 Å². The quantitative estimate of drug-likeness (QED) is 0.717. The number of rotatable bonds is 6. The predicted molar refractivity (Wildman–Crippen MR) is 95.4 cm³/mol. The molecule has 0 saturated heterocycles. The summed E-state index contributed by atoms with van der Waals surface area (Å²) in [6.45, 7) is 2.67. The first-order valence-electron chi connectivity index (χ1n) is 8.36. The van der Waals surface area contributed by atoms with Crippen LogP contribution in [0.1, 0.15) is 55.8 Å². The predicted octanol–water partition coefficient (Wildman–Crippen LogP) is 4.65. The lowest BCUT2D eigenvalue weighted by Gasteiger charge is -2.31. The van der Waals surface area contributed by atoms with Crippen molar-refractivity contribution >= 4 is 21.8 Å². The van der Waals surface area contributed by atoms with Crippen molar-refractivity contribution in [1.29, 1.82) is 0 Å². The van der Waals surface area contributed by atoms with Gasteiger partial charge in [0.1, 0.15) is 0 Å². The highest BCUT2D eigenvalue weighted by atomic mass is 79.9. The molecule has 0 aliphatic heterocycles. The van der Waals surface area contributed by atoms with E-state index in [1.54, 1.807) is 13.2 Å². The molecular weight excluding hydrogens is 358 g/mol. The van der Waals surface area contributed by atoms with E-state index in [0.717, 1.165) is 23.7 Å². The number of hydrogen-bond acceptors (Lipinski definition) is 3. The van der Waals surface area contributed by atoms with Crippen molar-refractivity contribution in [2.75, 3.05) is 20.8 Å². The highest BCUT2D eigenvalue weighted by molar-refractivity contribution is 9.10. The molecule has 1 saturated carbocycles. The Labute approximate surface area is 147 Å². The number of halogens is 1. The Balaban J connectivity index is 2.21. The van der Waals surface area contributed by atoms with Gasteiger partial charge in [-0.25, -0.2) is 0 Å². The van der Waals surface area contributed by atoms with E-state index in [9.17, 15) is 4.79 Å². The normalized spacial score (nSPS) is 15.3. The van der Waals surface area contributed by atoms with Gasteiger partial charge in [0.25, 0.3) is 5.91 Å². The summed E-state index contributed by atoms with van der Waals surface area (Å²) in [6, 6.07) is 3.95. The molecule has 1 aromatic carbocycles. The van der Waals surface area contributed by atoms with Crippen LogP contribution in [0.2, 0.25) is 0 Å². The molecule has 0 aromatic heterocycles. The fourth-order valence-corrected chi connectivity index (χ4v) is 3.58. The van der Waals surface area contributed by atoms with Gasteiger partial charge in [-0.15, -0.1) is 0 Å². The van der Waals surface area contributed by atoms with Crippen molar-refractivity contribution in [2.24, 2.45) is 0 Å². The molecule has 4 nitrogen and oxygen atoms in total. The summed E-state index contributed by atoms with van der Waals surface area (Å²) in [5.74, 6) is 1.29. The van der Waals surface area contributed by atoms with E-state index in [1.165, 1.54) is 19.3 Å². The zero-order valence-corrected chi connectivity index (χ0v) is 15.8. The molecule has 1 aliphatic rings. The molecule has 0 spiro atoms. The summed E-state index contributed by atoms with van der Waals surface area (Å²) >= 11 is 3.51. The highest BCUT2D eigenvalue weighted by Gasteiger charge is 2.24. The van der Waals surface area contributed by atoms with Crippen LogP contribution in [-0.4, -0.2) is 37.6 Å². The van der Waals surface area contributed by atoms with Crippen LogP contribution in [0.4, 0.5) is 0 Å². The molecule has 0 unspecified atom stereocenters. The van der Waals surface area contributed by atoms with Crippen LogP contribution in [0.25, 0.3) is 0 Å². The van der Waals surface area contributed by atoms with Gasteiger partial charge in [-0.1, -0.05) is 26.2 Å². The van der Waals surface area contributed by atoms with Crippen LogP contribution in [0, 0.1) is 0 Å². The van der Waals surface area contributed by atoms with Gasteiger partial charge < -0.3 is 14.4 Å². The minimum Gasteiger partial charge on any atom is -0.493 e. The Morgan fingerprint density at radius 3 is 2.61 bits per heavy atom. The number of ether oxygens (including phenoxy) is 2. The summed E-state index contributed by atoms with van der Waals surface area (Å²) < 4.78 is 11.9. The van der Waals surface area contributed by atoms with Crippen LogP contribution in [0.3, 0.4) is 0 Å². The van der Waals surface area contributed by atoms with Crippen molar-refractivity contribution in [3.63, 3.8) is 0 Å². The lowest BCUT2D eigenvalue weighted by molar-refractivity contribution is 0.0695. The summed E-state index contributed by atoms with van der Waals surface area (Å²) in [6.07, 6.45) is 6.80. The second kappa shape index (κ2) is 8.57. The van der Waals surface area contributed by atoms with E-state index in [4.69, 9.17) is 9.47 Å². The lowest BCUT2D eigenvalue weighted by atomic mass is 9.94. The van der Waals surface area contributed by atoms with Gasteiger partial charge in [0.05, 0.1) is 18.2 Å². The third kappa shape index (κ3) is 4.40. The molecule has 1 fully saturated rings. The Hall–Kier alpha value is -1.23. The van der Waals surface area contributed by atoms with E-state index in [1.807, 2.05) is 18.0 Å². The smallest absolute Gasteiger partial charge is 0.254 e. The van der Waals surface area contributed by atoms with Crippen molar-refractivity contribution in [3.8, 4) is 11.5 Å². The molecule has 0 N–H and O–H groups in total. The molecule has 23 heavy (non-hydrogen) atoms. The number of nitrogens with zero attached hydrogens (tertiary/aromatic N) is 1. The number of amides is 1. The molecule has 0 heterocycles. The zero-order chi connectivity index (χ0) is 16.8. The molecule has 2 rings (SSSR count). The van der Waals surface area contributed by atoms with Gasteiger partial charge in [-0.2, -0.15) is 0 Å². The van der Waals surface area contributed by atoms with Gasteiger partial charge >= 0.3 is 0 Å². The maximum absolute atomic E-state index is 12.8. The maximum Gasteiger partial charge on any atom is 0.254 e. The van der Waals surface area contributed by atoms with E-state index >= 15 is 0 Å². The lowest BCUT2D eigenvalue weighted by Crippen LogP contribution is -2.38. The Kier molecular flexibility index (Phi) is 6.75. The third-order valence-electron chi connectivity index (χ3n) is 4.37. The molecular formula is C18H26BrNO3. The summed E-state index contributed by atoms with van der Waals surface area (Å²) in [5.41, 5.74) is 0.630. The standard InChI is InChI=1S/C18H26BrNO3/c1-4-10-23-17-15(19)11-13(12-16(17)22-3)18(21)20(2)14-8-6-5-7-9-14/h11-12,14H,4-10H2,1-3H3. The second-order valence-electron chi connectivity index (χ2n) is 6.05. The molecule has 0 atom stereocenters. The fraction of sp³-hybridized carbons (Fsp3) is 0.611. The van der Waals surface area contributed by atoms with E-state index in [0.29, 0.717) is 29.7 Å². The van der Waals surface area contributed by atoms with Gasteiger partial charge in [0, 0.05) is 18.7 Å². The highest BCUT2D eigenvalue weighted by Crippen LogP contribution is 2.37. The summed E-state index contributed by atoms with van der Waals surface area (Å²) in [5, 5.41) is 0. The van der Waals surface area contributed by atoms with Crippen LogP contribution in [0.15, 0.2) is 16.6 Å². The molecule has 128 valence electrons. The van der Waals surface area contributed by atoms with E-state index in [-0.39, 0.29) is 5.91 Å². The minimum absolute atomic E-state index is 0.0398. The van der Waals surface area contributed by atoms with Gasteiger partial charge in [-0.05, 0) is 47.3 Å². The zero-order valence-electron chi connectivity index (χ0n) is 14.2. The topological polar surface area (TPSA) is 38.8 Å². The Morgan fingerprint density at radius 1 is 1.30 bits per heavy atom. The number of benzene rings is 1. The van der Waals surface area contributed by atoms with Crippen LogP contribution in [0.5, 0.6) is 11.5 Å². The van der Waals surface area contributed by atoms with E-state index in [2.05, 4.69) is 22.9 Å². The number of methoxy groups -OCH3 is 1. The fourth-order valence-electron chi connectivity index (χ4n) is 3.03. The third-order valence-corrected chi connectivity index (χ3v) is 4.96. The molecule has 5 heteroatoms. The van der Waals surface area contributed by atoms with Crippen molar-refractivity contribution in [3.05, 3.63) is 22.2 Å². The maximum atomic E-state index is 12.8. The number of hydrogen-bond donors (Lipinski definition) is 0.